The van der Waals surface area contributed by atoms with Gasteiger partial charge in [-0.25, -0.2) is 0 Å². The molecular formula is C24H23N3. The van der Waals surface area contributed by atoms with Crippen molar-refractivity contribution >= 4 is 27.3 Å². The number of aryl methyl sites for hydroxylation is 2. The van der Waals surface area contributed by atoms with Crippen LogP contribution in [-0.4, -0.2) is 14.6 Å². The summed E-state index contributed by atoms with van der Waals surface area (Å²) in [5, 5.41) is 12.6. The Bertz CT molecular complexity index is 1250. The molecule has 0 saturated heterocycles. The van der Waals surface area contributed by atoms with E-state index in [-0.39, 0.29) is 0 Å². The Morgan fingerprint density at radius 3 is 2.07 bits per heavy atom. The minimum Gasteiger partial charge on any atom is -0.274 e. The molecule has 0 spiro atoms. The number of benzene rings is 3. The first-order valence-electron chi connectivity index (χ1n) is 9.45. The van der Waals surface area contributed by atoms with Gasteiger partial charge >= 0.3 is 0 Å². The van der Waals surface area contributed by atoms with Gasteiger partial charge in [0.2, 0.25) is 0 Å². The maximum absolute atomic E-state index is 4.53. The second-order valence-electron chi connectivity index (χ2n) is 6.61. The van der Waals surface area contributed by atoms with Gasteiger partial charge in [0, 0.05) is 16.3 Å². The van der Waals surface area contributed by atoms with Gasteiger partial charge in [0.15, 0.2) is 11.5 Å². The Hall–Kier alpha value is -3.20. The summed E-state index contributed by atoms with van der Waals surface area (Å²) in [7, 11) is 0. The molecule has 2 heterocycles. The van der Waals surface area contributed by atoms with Gasteiger partial charge in [-0.1, -0.05) is 79.6 Å². The molecule has 0 N–H and O–H groups in total. The monoisotopic (exact) mass is 353 g/mol. The van der Waals surface area contributed by atoms with Gasteiger partial charge < -0.3 is 0 Å². The van der Waals surface area contributed by atoms with Crippen molar-refractivity contribution in [3.63, 3.8) is 0 Å². The Balaban J connectivity index is 0.000000872. The van der Waals surface area contributed by atoms with Gasteiger partial charge in [-0.3, -0.25) is 4.40 Å². The van der Waals surface area contributed by atoms with E-state index in [1.807, 2.05) is 13.8 Å². The molecule has 0 saturated carbocycles. The van der Waals surface area contributed by atoms with Gasteiger partial charge in [0.05, 0.1) is 5.52 Å². The molecular weight excluding hydrogens is 330 g/mol. The first-order valence-corrected chi connectivity index (χ1v) is 9.45. The number of hydrogen-bond acceptors (Lipinski definition) is 2. The lowest BCUT2D eigenvalue weighted by atomic mass is 10.0. The maximum Gasteiger partial charge on any atom is 0.169 e. The third kappa shape index (κ3) is 2.76. The van der Waals surface area contributed by atoms with Crippen LogP contribution in [0.15, 0.2) is 66.7 Å². The predicted molar refractivity (Wildman–Crippen MR) is 114 cm³/mol. The lowest BCUT2D eigenvalue weighted by molar-refractivity contribution is 1.12. The summed E-state index contributed by atoms with van der Waals surface area (Å²) in [5.74, 6) is 0.884. The summed E-state index contributed by atoms with van der Waals surface area (Å²) in [5.41, 5.74) is 5.61. The zero-order valence-electron chi connectivity index (χ0n) is 16.2. The average molecular weight is 353 g/mol. The van der Waals surface area contributed by atoms with E-state index in [9.17, 15) is 0 Å². The van der Waals surface area contributed by atoms with Crippen molar-refractivity contribution in [3.05, 3.63) is 77.9 Å². The van der Waals surface area contributed by atoms with Crippen LogP contribution in [0.2, 0.25) is 0 Å². The molecule has 0 aliphatic rings. The van der Waals surface area contributed by atoms with Gasteiger partial charge in [-0.2, -0.15) is 0 Å². The minimum atomic E-state index is 0.884. The molecule has 3 aromatic carbocycles. The zero-order valence-corrected chi connectivity index (χ0v) is 16.2. The van der Waals surface area contributed by atoms with Crippen molar-refractivity contribution in [1.29, 1.82) is 0 Å². The minimum absolute atomic E-state index is 0.884. The fourth-order valence-corrected chi connectivity index (χ4v) is 3.55. The molecule has 3 nitrogen and oxygen atoms in total. The van der Waals surface area contributed by atoms with Crippen molar-refractivity contribution in [2.45, 2.75) is 27.7 Å². The smallest absolute Gasteiger partial charge is 0.169 e. The summed E-state index contributed by atoms with van der Waals surface area (Å²) < 4.78 is 2.18. The topological polar surface area (TPSA) is 30.2 Å². The quantitative estimate of drug-likeness (QED) is 0.329. The summed E-state index contributed by atoms with van der Waals surface area (Å²) in [6.45, 7) is 8.23. The molecule has 0 amide bonds. The highest BCUT2D eigenvalue weighted by Gasteiger charge is 2.15. The number of rotatable bonds is 1. The number of fused-ring (bicyclic) bond motifs is 6. The van der Waals surface area contributed by atoms with Crippen molar-refractivity contribution < 1.29 is 0 Å². The fourth-order valence-electron chi connectivity index (χ4n) is 3.55. The second-order valence-corrected chi connectivity index (χ2v) is 6.61. The van der Waals surface area contributed by atoms with Crippen molar-refractivity contribution in [2.24, 2.45) is 0 Å². The van der Waals surface area contributed by atoms with Gasteiger partial charge in [0.25, 0.3) is 0 Å². The van der Waals surface area contributed by atoms with E-state index in [0.717, 1.165) is 27.9 Å². The average Bonchev–Trinajstić information content (AvgIpc) is 3.16. The third-order valence-electron chi connectivity index (χ3n) is 4.82. The van der Waals surface area contributed by atoms with Gasteiger partial charge in [-0.05, 0) is 31.4 Å². The van der Waals surface area contributed by atoms with Crippen LogP contribution in [0.4, 0.5) is 0 Å². The van der Waals surface area contributed by atoms with E-state index in [0.29, 0.717) is 0 Å². The van der Waals surface area contributed by atoms with Crippen LogP contribution in [0, 0.1) is 13.8 Å². The van der Waals surface area contributed by atoms with Crippen LogP contribution in [-0.2, 0) is 0 Å². The maximum atomic E-state index is 4.53. The number of nitrogens with zero attached hydrogens (tertiary/aromatic N) is 3. The molecule has 5 aromatic rings. The van der Waals surface area contributed by atoms with Crippen LogP contribution < -0.4 is 0 Å². The summed E-state index contributed by atoms with van der Waals surface area (Å²) >= 11 is 0. The molecule has 0 unspecified atom stereocenters. The van der Waals surface area contributed by atoms with Crippen LogP contribution in [0.1, 0.15) is 25.0 Å². The molecule has 3 heteroatoms. The van der Waals surface area contributed by atoms with Crippen LogP contribution in [0.25, 0.3) is 38.7 Å². The number of aromatic nitrogens is 3. The molecule has 5 rings (SSSR count). The van der Waals surface area contributed by atoms with E-state index in [1.165, 1.54) is 21.9 Å². The molecule has 0 aliphatic carbocycles. The van der Waals surface area contributed by atoms with Crippen LogP contribution in [0.5, 0.6) is 0 Å². The fraction of sp³-hybridized carbons (Fsp3) is 0.167. The molecule has 2 aromatic heterocycles. The molecule has 134 valence electrons. The molecule has 0 aliphatic heterocycles. The summed E-state index contributed by atoms with van der Waals surface area (Å²) in [4.78, 5) is 0. The Kier molecular flexibility index (Phi) is 4.36. The Labute approximate surface area is 159 Å². The van der Waals surface area contributed by atoms with Crippen LogP contribution in [0.3, 0.4) is 0 Å². The molecule has 0 radical (unpaired) electrons. The van der Waals surface area contributed by atoms with Gasteiger partial charge in [-0.15, -0.1) is 10.2 Å². The number of pyridine rings is 1. The number of hydrogen-bond donors (Lipinski definition) is 0. The molecule has 27 heavy (non-hydrogen) atoms. The van der Waals surface area contributed by atoms with Crippen molar-refractivity contribution in [3.8, 4) is 11.4 Å². The Morgan fingerprint density at radius 2 is 1.33 bits per heavy atom. The van der Waals surface area contributed by atoms with Crippen LogP contribution >= 0.6 is 0 Å². The highest BCUT2D eigenvalue weighted by molar-refractivity contribution is 6.12. The normalized spacial score (nSPS) is 11.0. The highest BCUT2D eigenvalue weighted by Crippen LogP contribution is 2.32. The second kappa shape index (κ2) is 6.84. The highest BCUT2D eigenvalue weighted by atomic mass is 15.2. The lowest BCUT2D eigenvalue weighted by Crippen LogP contribution is -1.94. The zero-order chi connectivity index (χ0) is 19.0. The first kappa shape index (κ1) is 17.2. The van der Waals surface area contributed by atoms with Gasteiger partial charge in [0.1, 0.15) is 0 Å². The third-order valence-corrected chi connectivity index (χ3v) is 4.82. The SMILES string of the molecule is CC.Cc1ccc(-c2nnc3c4ccccc4c4cc(C)ccc4n23)cc1. The Morgan fingerprint density at radius 1 is 0.667 bits per heavy atom. The van der Waals surface area contributed by atoms with E-state index in [1.54, 1.807) is 0 Å². The molecule has 0 atom stereocenters. The molecule has 0 bridgehead atoms. The van der Waals surface area contributed by atoms with E-state index < -0.39 is 0 Å². The van der Waals surface area contributed by atoms with E-state index in [4.69, 9.17) is 0 Å². The predicted octanol–water partition coefficient (Wildman–Crippen LogP) is 6.35. The van der Waals surface area contributed by atoms with Crippen molar-refractivity contribution in [2.75, 3.05) is 0 Å². The van der Waals surface area contributed by atoms with E-state index in [2.05, 4.69) is 95.2 Å². The largest absolute Gasteiger partial charge is 0.274 e. The standard InChI is InChI=1S/C22H17N3.C2H6/c1-14-7-10-16(11-8-14)21-23-24-22-18-6-4-3-5-17(18)19-13-15(2)9-12-20(19)25(21)22;1-2/h3-13H,1-2H3;1-2H3. The summed E-state index contributed by atoms with van der Waals surface area (Å²) in [6.07, 6.45) is 0. The lowest BCUT2D eigenvalue weighted by Gasteiger charge is -2.10. The molecule has 0 fully saturated rings. The first-order chi connectivity index (χ1) is 13.2. The van der Waals surface area contributed by atoms with Crippen molar-refractivity contribution in [1.82, 2.24) is 14.6 Å². The van der Waals surface area contributed by atoms with E-state index >= 15 is 0 Å². The summed E-state index contributed by atoms with van der Waals surface area (Å²) in [6, 6.07) is 23.5.